The van der Waals surface area contributed by atoms with Crippen LogP contribution in [-0.2, 0) is 16.0 Å². The van der Waals surface area contributed by atoms with Gasteiger partial charge in [-0.05, 0) is 24.0 Å². The average molecular weight is 314 g/mol. The van der Waals surface area contributed by atoms with Crippen LogP contribution in [0.4, 0.5) is 0 Å². The van der Waals surface area contributed by atoms with E-state index in [2.05, 4.69) is 10.3 Å². The minimum atomic E-state index is -0.870. The smallest absolute Gasteiger partial charge is 0.308 e. The number of carbonyl (C=O) groups is 2. The molecule has 1 atom stereocenters. The number of carbonyl (C=O) groups excluding carboxylic acids is 1. The summed E-state index contributed by atoms with van der Waals surface area (Å²) in [7, 11) is 0. The summed E-state index contributed by atoms with van der Waals surface area (Å²) in [6.45, 7) is 4.10. The molecule has 0 aliphatic carbocycles. The highest BCUT2D eigenvalue weighted by Gasteiger charge is 2.19. The molecule has 1 aromatic heterocycles. The summed E-state index contributed by atoms with van der Waals surface area (Å²) in [5, 5.41) is 12.9. The van der Waals surface area contributed by atoms with E-state index >= 15 is 0 Å². The lowest BCUT2D eigenvalue weighted by molar-refractivity contribution is -0.142. The van der Waals surface area contributed by atoms with Gasteiger partial charge in [0.1, 0.15) is 0 Å². The van der Waals surface area contributed by atoms with Crippen LogP contribution >= 0.6 is 0 Å². The summed E-state index contributed by atoms with van der Waals surface area (Å²) >= 11 is 0. The lowest BCUT2D eigenvalue weighted by Gasteiger charge is -2.15. The van der Waals surface area contributed by atoms with Gasteiger partial charge in [0, 0.05) is 18.1 Å². The van der Waals surface area contributed by atoms with E-state index in [0.717, 1.165) is 16.5 Å². The first-order valence-corrected chi connectivity index (χ1v) is 7.79. The Morgan fingerprint density at radius 2 is 1.96 bits per heavy atom. The highest BCUT2D eigenvalue weighted by atomic mass is 16.4. The summed E-state index contributed by atoms with van der Waals surface area (Å²) in [6, 6.07) is 9.53. The number of amides is 1. The fourth-order valence-corrected chi connectivity index (χ4v) is 2.62. The topological polar surface area (TPSA) is 79.3 Å². The van der Waals surface area contributed by atoms with Gasteiger partial charge < -0.3 is 10.4 Å². The number of benzene rings is 1. The van der Waals surface area contributed by atoms with Crippen molar-refractivity contribution in [1.29, 1.82) is 0 Å². The number of carboxylic acid groups (broad SMARTS) is 1. The second kappa shape index (κ2) is 7.72. The van der Waals surface area contributed by atoms with E-state index < -0.39 is 11.9 Å². The van der Waals surface area contributed by atoms with Crippen LogP contribution in [0.5, 0.6) is 0 Å². The predicted molar refractivity (Wildman–Crippen MR) is 89.0 cm³/mol. The normalized spacial score (nSPS) is 12.3. The molecular formula is C18H22N2O3. The molecule has 0 saturated heterocycles. The number of hydrogen-bond acceptors (Lipinski definition) is 3. The van der Waals surface area contributed by atoms with E-state index in [1.165, 1.54) is 0 Å². The Labute approximate surface area is 135 Å². The van der Waals surface area contributed by atoms with Gasteiger partial charge in [0.05, 0.1) is 17.9 Å². The third-order valence-electron chi connectivity index (χ3n) is 3.72. The molecule has 0 spiro atoms. The van der Waals surface area contributed by atoms with Crippen LogP contribution in [0.25, 0.3) is 10.9 Å². The molecule has 0 saturated carbocycles. The number of aliphatic carboxylic acids is 1. The zero-order valence-corrected chi connectivity index (χ0v) is 13.5. The Balaban J connectivity index is 2.00. The SMILES string of the molecule is CC(C)CC(CNC(=O)Cc1cccc2cccnc12)C(=O)O. The van der Waals surface area contributed by atoms with E-state index in [1.54, 1.807) is 6.20 Å². The van der Waals surface area contributed by atoms with Crippen molar-refractivity contribution < 1.29 is 14.7 Å². The quantitative estimate of drug-likeness (QED) is 0.823. The van der Waals surface area contributed by atoms with Crippen molar-refractivity contribution in [3.05, 3.63) is 42.1 Å². The van der Waals surface area contributed by atoms with Crippen molar-refractivity contribution in [2.24, 2.45) is 11.8 Å². The Kier molecular flexibility index (Phi) is 5.68. The lowest BCUT2D eigenvalue weighted by atomic mass is 9.97. The van der Waals surface area contributed by atoms with Gasteiger partial charge in [0.25, 0.3) is 0 Å². The van der Waals surface area contributed by atoms with Crippen LogP contribution in [0, 0.1) is 11.8 Å². The molecule has 2 N–H and O–H groups in total. The second-order valence-electron chi connectivity index (χ2n) is 6.14. The minimum Gasteiger partial charge on any atom is -0.481 e. The molecule has 2 aromatic rings. The van der Waals surface area contributed by atoms with Gasteiger partial charge in [-0.25, -0.2) is 0 Å². The first kappa shape index (κ1) is 16.9. The first-order valence-electron chi connectivity index (χ1n) is 7.79. The number of hydrogen-bond donors (Lipinski definition) is 2. The van der Waals surface area contributed by atoms with Crippen molar-refractivity contribution >= 4 is 22.8 Å². The van der Waals surface area contributed by atoms with Gasteiger partial charge in [-0.15, -0.1) is 0 Å². The van der Waals surface area contributed by atoms with Crippen LogP contribution in [0.1, 0.15) is 25.8 Å². The number of para-hydroxylation sites is 1. The summed E-state index contributed by atoms with van der Waals surface area (Å²) < 4.78 is 0. The fraction of sp³-hybridized carbons (Fsp3) is 0.389. The highest BCUT2D eigenvalue weighted by Crippen LogP contribution is 2.16. The van der Waals surface area contributed by atoms with E-state index in [0.29, 0.717) is 6.42 Å². The highest BCUT2D eigenvalue weighted by molar-refractivity contribution is 5.87. The van der Waals surface area contributed by atoms with Gasteiger partial charge in [-0.3, -0.25) is 14.6 Å². The minimum absolute atomic E-state index is 0.157. The molecule has 0 aliphatic rings. The van der Waals surface area contributed by atoms with Gasteiger partial charge >= 0.3 is 5.97 Å². The maximum Gasteiger partial charge on any atom is 0.308 e. The Morgan fingerprint density at radius 1 is 1.22 bits per heavy atom. The van der Waals surface area contributed by atoms with Gasteiger partial charge in [-0.2, -0.15) is 0 Å². The van der Waals surface area contributed by atoms with E-state index in [4.69, 9.17) is 0 Å². The number of pyridine rings is 1. The molecule has 0 radical (unpaired) electrons. The number of fused-ring (bicyclic) bond motifs is 1. The Hall–Kier alpha value is -2.43. The van der Waals surface area contributed by atoms with Crippen molar-refractivity contribution in [3.8, 4) is 0 Å². The predicted octanol–water partition coefficient (Wildman–Crippen LogP) is 2.64. The van der Waals surface area contributed by atoms with Crippen LogP contribution in [-0.4, -0.2) is 28.5 Å². The summed E-state index contributed by atoms with van der Waals surface area (Å²) in [5.74, 6) is -1.33. The molecule has 1 unspecified atom stereocenters. The Morgan fingerprint density at radius 3 is 2.65 bits per heavy atom. The molecule has 122 valence electrons. The molecule has 1 heterocycles. The maximum atomic E-state index is 12.1. The molecule has 23 heavy (non-hydrogen) atoms. The van der Waals surface area contributed by atoms with Gasteiger partial charge in [-0.1, -0.05) is 38.1 Å². The molecular weight excluding hydrogens is 292 g/mol. The summed E-state index contributed by atoms with van der Waals surface area (Å²) in [4.78, 5) is 27.7. The third-order valence-corrected chi connectivity index (χ3v) is 3.72. The van der Waals surface area contributed by atoms with Crippen LogP contribution in [0.2, 0.25) is 0 Å². The first-order chi connectivity index (χ1) is 11.0. The van der Waals surface area contributed by atoms with Crippen molar-refractivity contribution in [2.45, 2.75) is 26.7 Å². The fourth-order valence-electron chi connectivity index (χ4n) is 2.62. The monoisotopic (exact) mass is 314 g/mol. The van der Waals surface area contributed by atoms with E-state index in [1.807, 2.05) is 44.2 Å². The molecule has 0 bridgehead atoms. The second-order valence-corrected chi connectivity index (χ2v) is 6.14. The van der Waals surface area contributed by atoms with E-state index in [-0.39, 0.29) is 24.8 Å². The lowest BCUT2D eigenvalue weighted by Crippen LogP contribution is -2.34. The van der Waals surface area contributed by atoms with Crippen LogP contribution < -0.4 is 5.32 Å². The largest absolute Gasteiger partial charge is 0.481 e. The zero-order valence-electron chi connectivity index (χ0n) is 13.5. The third kappa shape index (κ3) is 4.77. The molecule has 0 aliphatic heterocycles. The molecule has 0 fully saturated rings. The molecule has 2 rings (SSSR count). The van der Waals surface area contributed by atoms with Gasteiger partial charge in [0.15, 0.2) is 0 Å². The zero-order chi connectivity index (χ0) is 16.8. The molecule has 1 amide bonds. The average Bonchev–Trinajstić information content (AvgIpc) is 2.51. The van der Waals surface area contributed by atoms with E-state index in [9.17, 15) is 14.7 Å². The summed E-state index contributed by atoms with van der Waals surface area (Å²) in [5.41, 5.74) is 1.65. The van der Waals surface area contributed by atoms with Crippen LogP contribution in [0.15, 0.2) is 36.5 Å². The number of nitrogens with zero attached hydrogens (tertiary/aromatic N) is 1. The number of rotatable bonds is 7. The number of nitrogens with one attached hydrogen (secondary N) is 1. The van der Waals surface area contributed by atoms with Crippen molar-refractivity contribution in [1.82, 2.24) is 10.3 Å². The molecule has 5 nitrogen and oxygen atoms in total. The maximum absolute atomic E-state index is 12.1. The standard InChI is InChI=1S/C18H22N2O3/c1-12(2)9-15(18(22)23)11-20-16(21)10-14-6-3-5-13-7-4-8-19-17(13)14/h3-8,12,15H,9-11H2,1-2H3,(H,20,21)(H,22,23). The number of carboxylic acids is 1. The molecule has 1 aromatic carbocycles. The van der Waals surface area contributed by atoms with Crippen LogP contribution in [0.3, 0.4) is 0 Å². The van der Waals surface area contributed by atoms with Crippen molar-refractivity contribution in [2.75, 3.05) is 6.54 Å². The van der Waals surface area contributed by atoms with Gasteiger partial charge in [0.2, 0.25) is 5.91 Å². The summed E-state index contributed by atoms with van der Waals surface area (Å²) in [6.07, 6.45) is 2.45. The Bertz CT molecular complexity index is 692. The van der Waals surface area contributed by atoms with Crippen molar-refractivity contribution in [3.63, 3.8) is 0 Å². The number of aromatic nitrogens is 1. The molecule has 5 heteroatoms.